The number of benzene rings is 1. The zero-order chi connectivity index (χ0) is 11.7. The van der Waals surface area contributed by atoms with E-state index in [0.717, 1.165) is 24.4 Å². The quantitative estimate of drug-likeness (QED) is 0.827. The van der Waals surface area contributed by atoms with Crippen LogP contribution in [-0.4, -0.2) is 22.8 Å². The summed E-state index contributed by atoms with van der Waals surface area (Å²) in [7, 11) is 0. The van der Waals surface area contributed by atoms with Gasteiger partial charge >= 0.3 is 0 Å². The first-order valence-corrected chi connectivity index (χ1v) is 6.49. The number of hydrogen-bond acceptors (Lipinski definition) is 2. The molecular formula is C14H19N3. The third kappa shape index (κ3) is 2.34. The molecule has 1 aromatic heterocycles. The van der Waals surface area contributed by atoms with Gasteiger partial charge in [0.05, 0.1) is 11.7 Å². The van der Waals surface area contributed by atoms with E-state index >= 15 is 0 Å². The van der Waals surface area contributed by atoms with E-state index in [1.54, 1.807) is 0 Å². The molecule has 0 bridgehead atoms. The number of nitrogens with zero attached hydrogens (tertiary/aromatic N) is 1. The van der Waals surface area contributed by atoms with E-state index < -0.39 is 0 Å². The fourth-order valence-corrected chi connectivity index (χ4v) is 2.44. The van der Waals surface area contributed by atoms with Crippen molar-refractivity contribution in [2.75, 3.05) is 6.54 Å². The molecule has 0 amide bonds. The summed E-state index contributed by atoms with van der Waals surface area (Å²) in [6.45, 7) is 3.36. The minimum atomic E-state index is 0.679. The van der Waals surface area contributed by atoms with Gasteiger partial charge in [0.1, 0.15) is 0 Å². The lowest BCUT2D eigenvalue weighted by molar-refractivity contribution is 0.500. The van der Waals surface area contributed by atoms with Crippen molar-refractivity contribution in [3.8, 4) is 0 Å². The summed E-state index contributed by atoms with van der Waals surface area (Å²) >= 11 is 0. The van der Waals surface area contributed by atoms with Crippen molar-refractivity contribution in [2.45, 2.75) is 32.2 Å². The first kappa shape index (κ1) is 10.8. The second-order valence-electron chi connectivity index (χ2n) is 5.08. The molecule has 0 saturated heterocycles. The van der Waals surface area contributed by atoms with Gasteiger partial charge in [-0.05, 0) is 50.3 Å². The molecule has 1 atom stereocenters. The highest BCUT2D eigenvalue weighted by atomic mass is 15.1. The molecule has 3 nitrogen and oxygen atoms in total. The maximum Gasteiger partial charge on any atom is 0.0653 e. The molecule has 0 radical (unpaired) electrons. The maximum absolute atomic E-state index is 4.10. The lowest BCUT2D eigenvalue weighted by Crippen LogP contribution is -2.29. The third-order valence-electron chi connectivity index (χ3n) is 3.76. The summed E-state index contributed by atoms with van der Waals surface area (Å²) in [6.07, 6.45) is 5.82. The fourth-order valence-electron chi connectivity index (χ4n) is 2.44. The Morgan fingerprint density at radius 2 is 2.35 bits per heavy atom. The molecule has 2 N–H and O–H groups in total. The van der Waals surface area contributed by atoms with Crippen LogP contribution in [0.25, 0.3) is 10.9 Å². The number of rotatable bonds is 5. The van der Waals surface area contributed by atoms with Gasteiger partial charge in [0, 0.05) is 11.4 Å². The molecule has 0 aliphatic heterocycles. The van der Waals surface area contributed by atoms with E-state index in [-0.39, 0.29) is 0 Å². The van der Waals surface area contributed by atoms with Crippen LogP contribution in [0.2, 0.25) is 0 Å². The Morgan fingerprint density at radius 1 is 1.47 bits per heavy atom. The minimum absolute atomic E-state index is 0.679. The molecule has 0 unspecified atom stereocenters. The van der Waals surface area contributed by atoms with Gasteiger partial charge in [0.2, 0.25) is 0 Å². The lowest BCUT2D eigenvalue weighted by atomic mass is 10.1. The summed E-state index contributed by atoms with van der Waals surface area (Å²) in [4.78, 5) is 0. The standard InChI is InChI=1S/C14H19N3/c1-10(11-5-6-11)15-8-7-12-3-2-4-14-13(12)9-16-17-14/h2-4,9-11,15H,5-8H2,1H3,(H,16,17)/t10-/m1/s1. The number of hydrogen-bond donors (Lipinski definition) is 2. The molecular weight excluding hydrogens is 210 g/mol. The Bertz CT molecular complexity index is 499. The summed E-state index contributed by atoms with van der Waals surface area (Å²) in [6, 6.07) is 7.05. The topological polar surface area (TPSA) is 40.7 Å². The van der Waals surface area contributed by atoms with Crippen LogP contribution >= 0.6 is 0 Å². The SMILES string of the molecule is C[C@@H](NCCc1cccc2[nH]ncc12)C1CC1. The molecule has 1 heterocycles. The zero-order valence-electron chi connectivity index (χ0n) is 10.2. The van der Waals surface area contributed by atoms with Crippen molar-refractivity contribution in [3.05, 3.63) is 30.0 Å². The van der Waals surface area contributed by atoms with Crippen molar-refractivity contribution in [2.24, 2.45) is 5.92 Å². The van der Waals surface area contributed by atoms with E-state index in [1.807, 2.05) is 6.20 Å². The maximum atomic E-state index is 4.10. The van der Waals surface area contributed by atoms with Gasteiger partial charge in [-0.3, -0.25) is 5.10 Å². The predicted molar refractivity (Wildman–Crippen MR) is 70.0 cm³/mol. The number of fused-ring (bicyclic) bond motifs is 1. The molecule has 17 heavy (non-hydrogen) atoms. The second-order valence-corrected chi connectivity index (χ2v) is 5.08. The van der Waals surface area contributed by atoms with Crippen LogP contribution in [0.3, 0.4) is 0 Å². The van der Waals surface area contributed by atoms with Crippen molar-refractivity contribution in [3.63, 3.8) is 0 Å². The number of H-pyrrole nitrogens is 1. The van der Waals surface area contributed by atoms with E-state index in [4.69, 9.17) is 0 Å². The molecule has 3 rings (SSSR count). The molecule has 1 fully saturated rings. The summed E-state index contributed by atoms with van der Waals surface area (Å²) in [5, 5.41) is 12.0. The van der Waals surface area contributed by atoms with Crippen LogP contribution in [0.5, 0.6) is 0 Å². The normalized spacial score (nSPS) is 17.5. The Hall–Kier alpha value is -1.35. The average Bonchev–Trinajstić information content (AvgIpc) is 3.07. The summed E-state index contributed by atoms with van der Waals surface area (Å²) < 4.78 is 0. The molecule has 0 spiro atoms. The minimum Gasteiger partial charge on any atom is -0.314 e. The van der Waals surface area contributed by atoms with Crippen LogP contribution in [-0.2, 0) is 6.42 Å². The van der Waals surface area contributed by atoms with Crippen LogP contribution in [0.15, 0.2) is 24.4 Å². The number of nitrogens with one attached hydrogen (secondary N) is 2. The van der Waals surface area contributed by atoms with Crippen molar-refractivity contribution >= 4 is 10.9 Å². The van der Waals surface area contributed by atoms with Gasteiger partial charge in [-0.15, -0.1) is 0 Å². The Balaban J connectivity index is 1.62. The van der Waals surface area contributed by atoms with Crippen LogP contribution in [0.1, 0.15) is 25.3 Å². The molecule has 3 heteroatoms. The fraction of sp³-hybridized carbons (Fsp3) is 0.500. The van der Waals surface area contributed by atoms with E-state index in [9.17, 15) is 0 Å². The number of aromatic nitrogens is 2. The highest BCUT2D eigenvalue weighted by Crippen LogP contribution is 2.32. The first-order valence-electron chi connectivity index (χ1n) is 6.49. The zero-order valence-corrected chi connectivity index (χ0v) is 10.2. The summed E-state index contributed by atoms with van der Waals surface area (Å²) in [5.74, 6) is 0.930. The highest BCUT2D eigenvalue weighted by molar-refractivity contribution is 5.81. The molecule has 1 aliphatic rings. The third-order valence-corrected chi connectivity index (χ3v) is 3.76. The number of aromatic amines is 1. The molecule has 2 aromatic rings. The van der Waals surface area contributed by atoms with E-state index in [0.29, 0.717) is 6.04 Å². The molecule has 1 aromatic carbocycles. The largest absolute Gasteiger partial charge is 0.314 e. The first-order chi connectivity index (χ1) is 8.34. The van der Waals surface area contributed by atoms with E-state index in [1.165, 1.54) is 23.8 Å². The molecule has 90 valence electrons. The van der Waals surface area contributed by atoms with Gasteiger partial charge in [-0.2, -0.15) is 5.10 Å². The van der Waals surface area contributed by atoms with Crippen molar-refractivity contribution in [1.29, 1.82) is 0 Å². The monoisotopic (exact) mass is 229 g/mol. The summed E-state index contributed by atoms with van der Waals surface area (Å²) in [5.41, 5.74) is 2.52. The van der Waals surface area contributed by atoms with Crippen LogP contribution < -0.4 is 5.32 Å². The Labute approximate surface area is 102 Å². The van der Waals surface area contributed by atoms with Crippen LogP contribution in [0, 0.1) is 5.92 Å². The van der Waals surface area contributed by atoms with Gasteiger partial charge in [-0.25, -0.2) is 0 Å². The van der Waals surface area contributed by atoms with Crippen LogP contribution in [0.4, 0.5) is 0 Å². The second kappa shape index (κ2) is 4.49. The van der Waals surface area contributed by atoms with Gasteiger partial charge < -0.3 is 5.32 Å². The van der Waals surface area contributed by atoms with Gasteiger partial charge in [0.25, 0.3) is 0 Å². The predicted octanol–water partition coefficient (Wildman–Crippen LogP) is 2.49. The highest BCUT2D eigenvalue weighted by Gasteiger charge is 2.27. The Morgan fingerprint density at radius 3 is 3.18 bits per heavy atom. The van der Waals surface area contributed by atoms with Gasteiger partial charge in [0.15, 0.2) is 0 Å². The van der Waals surface area contributed by atoms with Gasteiger partial charge in [-0.1, -0.05) is 12.1 Å². The molecule has 1 saturated carbocycles. The lowest BCUT2D eigenvalue weighted by Gasteiger charge is -2.12. The van der Waals surface area contributed by atoms with Crippen molar-refractivity contribution in [1.82, 2.24) is 15.5 Å². The Kier molecular flexibility index (Phi) is 2.85. The van der Waals surface area contributed by atoms with Crippen molar-refractivity contribution < 1.29 is 0 Å². The molecule has 1 aliphatic carbocycles. The van der Waals surface area contributed by atoms with E-state index in [2.05, 4.69) is 40.6 Å². The smallest absolute Gasteiger partial charge is 0.0653 e. The average molecular weight is 229 g/mol.